The van der Waals surface area contributed by atoms with Crippen LogP contribution in [0.1, 0.15) is 18.9 Å². The van der Waals surface area contributed by atoms with Crippen LogP contribution in [0, 0.1) is 17.7 Å². The van der Waals surface area contributed by atoms with Crippen molar-refractivity contribution >= 4 is 15.9 Å². The van der Waals surface area contributed by atoms with Gasteiger partial charge in [-0.1, -0.05) is 22.9 Å². The highest BCUT2D eigenvalue weighted by Crippen LogP contribution is 2.36. The summed E-state index contributed by atoms with van der Waals surface area (Å²) < 4.78 is 13.9. The molecule has 2 unspecified atom stereocenters. The van der Waals surface area contributed by atoms with E-state index in [-0.39, 0.29) is 5.82 Å². The summed E-state index contributed by atoms with van der Waals surface area (Å²) in [5, 5.41) is 3.37. The Balaban J connectivity index is 1.84. The Hall–Kier alpha value is -0.410. The molecule has 15 heavy (non-hydrogen) atoms. The second-order valence-corrected chi connectivity index (χ2v) is 5.19. The summed E-state index contributed by atoms with van der Waals surface area (Å²) >= 11 is 3.42. The molecule has 0 aromatic heterocycles. The Morgan fingerprint density at radius 3 is 2.93 bits per heavy atom. The third-order valence-corrected chi connectivity index (χ3v) is 3.78. The maximum atomic E-state index is 13.0. The Bertz CT molecular complexity index is 353. The molecule has 1 saturated carbocycles. The minimum Gasteiger partial charge on any atom is -0.312 e. The highest BCUT2D eigenvalue weighted by molar-refractivity contribution is 9.10. The Morgan fingerprint density at radius 1 is 1.53 bits per heavy atom. The lowest BCUT2D eigenvalue weighted by Gasteiger charge is -2.06. The molecule has 3 heteroatoms. The lowest BCUT2D eigenvalue weighted by Crippen LogP contribution is -2.17. The van der Waals surface area contributed by atoms with E-state index in [0.717, 1.165) is 35.0 Å². The zero-order valence-corrected chi connectivity index (χ0v) is 10.3. The zero-order valence-electron chi connectivity index (χ0n) is 8.76. The summed E-state index contributed by atoms with van der Waals surface area (Å²) in [5.74, 6) is 1.53. The van der Waals surface area contributed by atoms with Crippen LogP contribution in [0.15, 0.2) is 22.7 Å². The molecule has 1 aliphatic rings. The minimum absolute atomic E-state index is 0.171. The maximum Gasteiger partial charge on any atom is 0.123 e. The molecule has 1 aliphatic carbocycles. The molecule has 0 radical (unpaired) electrons. The molecule has 2 rings (SSSR count). The van der Waals surface area contributed by atoms with E-state index in [1.165, 1.54) is 12.5 Å². The van der Waals surface area contributed by atoms with Crippen molar-refractivity contribution in [2.45, 2.75) is 19.9 Å². The molecule has 1 nitrogen and oxygen atoms in total. The van der Waals surface area contributed by atoms with Crippen LogP contribution in [0.5, 0.6) is 0 Å². The van der Waals surface area contributed by atoms with Gasteiger partial charge in [-0.3, -0.25) is 0 Å². The van der Waals surface area contributed by atoms with E-state index in [0.29, 0.717) is 0 Å². The topological polar surface area (TPSA) is 12.0 Å². The molecule has 0 saturated heterocycles. The first-order valence-electron chi connectivity index (χ1n) is 5.31. The van der Waals surface area contributed by atoms with Gasteiger partial charge in [0, 0.05) is 11.0 Å². The average molecular weight is 272 g/mol. The van der Waals surface area contributed by atoms with Gasteiger partial charge in [-0.2, -0.15) is 0 Å². The van der Waals surface area contributed by atoms with Crippen molar-refractivity contribution in [3.8, 4) is 0 Å². The Kier molecular flexibility index (Phi) is 3.42. The first-order chi connectivity index (χ1) is 7.16. The van der Waals surface area contributed by atoms with Gasteiger partial charge < -0.3 is 5.32 Å². The molecular formula is C12H15BrFN. The van der Waals surface area contributed by atoms with E-state index in [1.807, 2.05) is 0 Å². The van der Waals surface area contributed by atoms with Crippen LogP contribution in [0.3, 0.4) is 0 Å². The summed E-state index contributed by atoms with van der Waals surface area (Å²) in [6, 6.07) is 4.80. The fourth-order valence-corrected chi connectivity index (χ4v) is 2.14. The van der Waals surface area contributed by atoms with E-state index < -0.39 is 0 Å². The molecule has 0 aliphatic heterocycles. The van der Waals surface area contributed by atoms with Crippen LogP contribution >= 0.6 is 15.9 Å². The zero-order chi connectivity index (χ0) is 10.8. The van der Waals surface area contributed by atoms with Crippen molar-refractivity contribution in [3.63, 3.8) is 0 Å². The lowest BCUT2D eigenvalue weighted by molar-refractivity contribution is 0.599. The van der Waals surface area contributed by atoms with Crippen molar-refractivity contribution < 1.29 is 4.39 Å². The maximum absolute atomic E-state index is 13.0. The summed E-state index contributed by atoms with van der Waals surface area (Å²) in [6.45, 7) is 4.05. The van der Waals surface area contributed by atoms with Gasteiger partial charge in [-0.15, -0.1) is 0 Å². The minimum atomic E-state index is -0.171. The van der Waals surface area contributed by atoms with Crippen LogP contribution in [0.4, 0.5) is 4.39 Å². The summed E-state index contributed by atoms with van der Waals surface area (Å²) in [6.07, 6.45) is 1.33. The molecule has 1 fully saturated rings. The van der Waals surface area contributed by atoms with Crippen LogP contribution in [0.25, 0.3) is 0 Å². The first-order valence-corrected chi connectivity index (χ1v) is 6.11. The molecule has 0 spiro atoms. The van der Waals surface area contributed by atoms with Gasteiger partial charge in [0.05, 0.1) is 0 Å². The monoisotopic (exact) mass is 271 g/mol. The number of benzene rings is 1. The number of nitrogens with one attached hydrogen (secondary N) is 1. The molecule has 2 atom stereocenters. The van der Waals surface area contributed by atoms with Gasteiger partial charge in [0.2, 0.25) is 0 Å². The molecule has 0 heterocycles. The molecule has 1 aromatic rings. The predicted octanol–water partition coefficient (Wildman–Crippen LogP) is 3.33. The second-order valence-electron chi connectivity index (χ2n) is 4.34. The Morgan fingerprint density at radius 2 is 2.27 bits per heavy atom. The van der Waals surface area contributed by atoms with E-state index in [2.05, 4.69) is 28.2 Å². The number of halogens is 2. The summed E-state index contributed by atoms with van der Waals surface area (Å²) in [7, 11) is 0. The molecule has 82 valence electrons. The van der Waals surface area contributed by atoms with Crippen LogP contribution in [0.2, 0.25) is 0 Å². The Labute approximate surface area is 98.2 Å². The van der Waals surface area contributed by atoms with E-state index in [9.17, 15) is 4.39 Å². The smallest absolute Gasteiger partial charge is 0.123 e. The van der Waals surface area contributed by atoms with Gasteiger partial charge in [-0.25, -0.2) is 4.39 Å². The highest BCUT2D eigenvalue weighted by atomic mass is 79.9. The quantitative estimate of drug-likeness (QED) is 0.886. The molecule has 1 aromatic carbocycles. The van der Waals surface area contributed by atoms with Gasteiger partial charge in [0.15, 0.2) is 0 Å². The van der Waals surface area contributed by atoms with Crippen molar-refractivity contribution in [1.29, 1.82) is 0 Å². The van der Waals surface area contributed by atoms with E-state index in [4.69, 9.17) is 0 Å². The average Bonchev–Trinajstić information content (AvgIpc) is 2.88. The number of hydrogen-bond acceptors (Lipinski definition) is 1. The fourth-order valence-electron chi connectivity index (χ4n) is 1.75. The highest BCUT2D eigenvalue weighted by Gasteiger charge is 2.31. The third-order valence-electron chi connectivity index (χ3n) is 3.01. The standard InChI is InChI=1S/C12H15BrFN/c1-8-4-9(8)6-15-7-10-5-11(14)2-3-12(10)13/h2-3,5,8-9,15H,4,6-7H2,1H3. The summed E-state index contributed by atoms with van der Waals surface area (Å²) in [5.41, 5.74) is 0.989. The van der Waals surface area contributed by atoms with Gasteiger partial charge in [-0.05, 0) is 48.6 Å². The number of hydrogen-bond donors (Lipinski definition) is 1. The van der Waals surface area contributed by atoms with Crippen molar-refractivity contribution in [1.82, 2.24) is 5.32 Å². The van der Waals surface area contributed by atoms with Crippen LogP contribution in [-0.4, -0.2) is 6.54 Å². The van der Waals surface area contributed by atoms with Gasteiger partial charge in [0.25, 0.3) is 0 Å². The molecular weight excluding hydrogens is 257 g/mol. The van der Waals surface area contributed by atoms with E-state index in [1.54, 1.807) is 12.1 Å². The lowest BCUT2D eigenvalue weighted by atomic mass is 10.2. The first kappa shape index (κ1) is 11.1. The van der Waals surface area contributed by atoms with E-state index >= 15 is 0 Å². The number of rotatable bonds is 4. The van der Waals surface area contributed by atoms with Crippen molar-refractivity contribution in [2.24, 2.45) is 11.8 Å². The van der Waals surface area contributed by atoms with Crippen LogP contribution in [-0.2, 0) is 6.54 Å². The molecule has 0 bridgehead atoms. The second kappa shape index (κ2) is 4.62. The third kappa shape index (κ3) is 3.02. The van der Waals surface area contributed by atoms with Gasteiger partial charge >= 0.3 is 0 Å². The summed E-state index contributed by atoms with van der Waals surface area (Å²) in [4.78, 5) is 0. The normalized spacial score (nSPS) is 24.2. The predicted molar refractivity (Wildman–Crippen MR) is 63.1 cm³/mol. The largest absolute Gasteiger partial charge is 0.312 e. The van der Waals surface area contributed by atoms with Crippen molar-refractivity contribution in [2.75, 3.05) is 6.54 Å². The van der Waals surface area contributed by atoms with Crippen LogP contribution < -0.4 is 5.32 Å². The molecule has 0 amide bonds. The SMILES string of the molecule is CC1CC1CNCc1cc(F)ccc1Br. The fraction of sp³-hybridized carbons (Fsp3) is 0.500. The molecule has 1 N–H and O–H groups in total. The van der Waals surface area contributed by atoms with Crippen molar-refractivity contribution in [3.05, 3.63) is 34.1 Å². The van der Waals surface area contributed by atoms with Gasteiger partial charge in [0.1, 0.15) is 5.82 Å².